The molecule has 7 nitrogen and oxygen atoms in total. The monoisotopic (exact) mass is 365 g/mol. The Kier molecular flexibility index (Phi) is 4.14. The topological polar surface area (TPSA) is 96.5 Å². The molecule has 7 heteroatoms. The number of benzene rings is 1. The van der Waals surface area contributed by atoms with Crippen LogP contribution in [0.5, 0.6) is 0 Å². The Labute approximate surface area is 155 Å². The molecule has 1 aliphatic heterocycles. The van der Waals surface area contributed by atoms with Crippen molar-refractivity contribution in [3.63, 3.8) is 0 Å². The van der Waals surface area contributed by atoms with Crippen LogP contribution < -0.4 is 0 Å². The molecular formula is C20H19N3O4. The molecule has 1 aliphatic rings. The number of carboxylic acid groups (broad SMARTS) is 1. The summed E-state index contributed by atoms with van der Waals surface area (Å²) in [5.41, 5.74) is 3.77. The van der Waals surface area contributed by atoms with Crippen molar-refractivity contribution in [2.45, 2.75) is 32.7 Å². The van der Waals surface area contributed by atoms with Gasteiger partial charge in [0.05, 0.1) is 22.3 Å². The molecular weight excluding hydrogens is 346 g/mol. The third-order valence-electron chi connectivity index (χ3n) is 4.99. The smallest absolute Gasteiger partial charge is 0.326 e. The maximum atomic E-state index is 13.2. The van der Waals surface area contributed by atoms with E-state index in [0.29, 0.717) is 41.7 Å². The van der Waals surface area contributed by atoms with Crippen LogP contribution in [0.4, 0.5) is 0 Å². The van der Waals surface area contributed by atoms with E-state index in [4.69, 9.17) is 4.52 Å². The lowest BCUT2D eigenvalue weighted by molar-refractivity contribution is -0.141. The van der Waals surface area contributed by atoms with E-state index in [1.165, 1.54) is 4.90 Å². The fraction of sp³-hybridized carbons (Fsp3) is 0.300. The number of hydrogen-bond donors (Lipinski definition) is 1. The minimum Gasteiger partial charge on any atom is -0.480 e. The Balaban J connectivity index is 1.85. The van der Waals surface area contributed by atoms with Crippen molar-refractivity contribution in [3.8, 4) is 11.3 Å². The molecule has 0 saturated carbocycles. The maximum absolute atomic E-state index is 13.2. The Morgan fingerprint density at radius 1 is 1.22 bits per heavy atom. The number of rotatable bonds is 3. The molecule has 0 spiro atoms. The van der Waals surface area contributed by atoms with Crippen LogP contribution >= 0.6 is 0 Å². The normalized spacial score (nSPS) is 16.8. The van der Waals surface area contributed by atoms with Gasteiger partial charge < -0.3 is 14.5 Å². The van der Waals surface area contributed by atoms with Gasteiger partial charge in [-0.05, 0) is 32.8 Å². The number of aryl methyl sites for hydroxylation is 2. The van der Waals surface area contributed by atoms with Crippen molar-refractivity contribution in [1.82, 2.24) is 15.0 Å². The zero-order valence-electron chi connectivity index (χ0n) is 15.1. The van der Waals surface area contributed by atoms with Crippen LogP contribution in [0.3, 0.4) is 0 Å². The molecule has 138 valence electrons. The van der Waals surface area contributed by atoms with Crippen molar-refractivity contribution in [3.05, 3.63) is 47.2 Å². The number of aromatic nitrogens is 2. The van der Waals surface area contributed by atoms with Gasteiger partial charge in [-0.3, -0.25) is 4.79 Å². The number of nitrogens with zero attached hydrogens (tertiary/aromatic N) is 3. The van der Waals surface area contributed by atoms with E-state index in [2.05, 4.69) is 10.1 Å². The molecule has 4 rings (SSSR count). The molecule has 1 aromatic carbocycles. The second-order valence-corrected chi connectivity index (χ2v) is 6.86. The highest BCUT2D eigenvalue weighted by molar-refractivity contribution is 6.08. The van der Waals surface area contributed by atoms with Crippen LogP contribution in [0.1, 0.15) is 34.5 Å². The molecule has 0 aliphatic carbocycles. The number of carbonyl (C=O) groups excluding carboxylic acids is 1. The molecule has 1 saturated heterocycles. The maximum Gasteiger partial charge on any atom is 0.326 e. The number of amides is 1. The Hall–Kier alpha value is -3.22. The summed E-state index contributed by atoms with van der Waals surface area (Å²) in [7, 11) is 0. The number of fused-ring (bicyclic) bond motifs is 1. The average Bonchev–Trinajstić information content (AvgIpc) is 3.28. The minimum atomic E-state index is -0.980. The summed E-state index contributed by atoms with van der Waals surface area (Å²) >= 11 is 0. The van der Waals surface area contributed by atoms with Crippen molar-refractivity contribution in [2.24, 2.45) is 0 Å². The van der Waals surface area contributed by atoms with Gasteiger partial charge >= 0.3 is 5.97 Å². The van der Waals surface area contributed by atoms with E-state index in [0.717, 1.165) is 11.1 Å². The van der Waals surface area contributed by atoms with Crippen molar-refractivity contribution < 1.29 is 19.2 Å². The number of likely N-dealkylation sites (tertiary alicyclic amines) is 1. The van der Waals surface area contributed by atoms with Crippen LogP contribution in [-0.2, 0) is 4.79 Å². The lowest BCUT2D eigenvalue weighted by atomic mass is 10.0. The van der Waals surface area contributed by atoms with Gasteiger partial charge in [0.25, 0.3) is 11.6 Å². The van der Waals surface area contributed by atoms with Crippen LogP contribution in [-0.4, -0.2) is 44.6 Å². The van der Waals surface area contributed by atoms with Crippen molar-refractivity contribution in [1.29, 1.82) is 0 Å². The summed E-state index contributed by atoms with van der Waals surface area (Å²) in [6, 6.07) is 8.69. The van der Waals surface area contributed by atoms with E-state index in [-0.39, 0.29) is 11.6 Å². The van der Waals surface area contributed by atoms with Gasteiger partial charge in [0.1, 0.15) is 6.04 Å². The average molecular weight is 365 g/mol. The number of carboxylic acids is 1. The van der Waals surface area contributed by atoms with E-state index in [1.54, 1.807) is 13.0 Å². The summed E-state index contributed by atoms with van der Waals surface area (Å²) in [6.07, 6.45) is 1.13. The lowest BCUT2D eigenvalue weighted by Crippen LogP contribution is -2.40. The molecule has 1 atom stereocenters. The third kappa shape index (κ3) is 2.95. The minimum absolute atomic E-state index is 0.278. The van der Waals surface area contributed by atoms with Crippen LogP contribution in [0.25, 0.3) is 22.4 Å². The van der Waals surface area contributed by atoms with Crippen molar-refractivity contribution >= 4 is 23.0 Å². The first-order valence-corrected chi connectivity index (χ1v) is 8.83. The molecule has 27 heavy (non-hydrogen) atoms. The van der Waals surface area contributed by atoms with Crippen molar-refractivity contribution in [2.75, 3.05) is 6.54 Å². The Bertz CT molecular complexity index is 1040. The van der Waals surface area contributed by atoms with Gasteiger partial charge in [-0.1, -0.05) is 35.0 Å². The van der Waals surface area contributed by atoms with Crippen LogP contribution in [0, 0.1) is 13.8 Å². The predicted octanol–water partition coefficient (Wildman–Crippen LogP) is 3.20. The van der Waals surface area contributed by atoms with Crippen LogP contribution in [0.2, 0.25) is 0 Å². The van der Waals surface area contributed by atoms with Gasteiger partial charge in [0.2, 0.25) is 0 Å². The summed E-state index contributed by atoms with van der Waals surface area (Å²) in [6.45, 7) is 4.16. The molecule has 1 amide bonds. The zero-order valence-corrected chi connectivity index (χ0v) is 15.1. The second kappa shape index (κ2) is 6.50. The first-order valence-electron chi connectivity index (χ1n) is 8.83. The van der Waals surface area contributed by atoms with E-state index < -0.39 is 12.0 Å². The molecule has 0 radical (unpaired) electrons. The zero-order chi connectivity index (χ0) is 19.1. The quantitative estimate of drug-likeness (QED) is 0.766. The number of carbonyl (C=O) groups is 2. The highest BCUT2D eigenvalue weighted by Gasteiger charge is 2.35. The van der Waals surface area contributed by atoms with Gasteiger partial charge in [-0.25, -0.2) is 9.78 Å². The van der Waals surface area contributed by atoms with E-state index in [1.807, 2.05) is 31.2 Å². The number of pyridine rings is 1. The third-order valence-corrected chi connectivity index (χ3v) is 4.99. The molecule has 1 N–H and O–H groups in total. The number of hydrogen-bond acceptors (Lipinski definition) is 5. The lowest BCUT2D eigenvalue weighted by Gasteiger charge is -2.22. The molecule has 0 unspecified atom stereocenters. The van der Waals surface area contributed by atoms with Gasteiger partial charge in [0.15, 0.2) is 0 Å². The second-order valence-electron chi connectivity index (χ2n) is 6.86. The van der Waals surface area contributed by atoms with Crippen LogP contribution in [0.15, 0.2) is 34.9 Å². The predicted molar refractivity (Wildman–Crippen MR) is 98.4 cm³/mol. The Morgan fingerprint density at radius 3 is 2.67 bits per heavy atom. The SMILES string of the molecule is Cc1ccc(-c2cc(C(=O)N3CCC[C@@H]3C(=O)O)c3c(C)noc3n2)cc1. The molecule has 2 aromatic heterocycles. The molecule has 3 heterocycles. The van der Waals surface area contributed by atoms with Gasteiger partial charge in [-0.15, -0.1) is 0 Å². The van der Waals surface area contributed by atoms with E-state index >= 15 is 0 Å². The highest BCUT2D eigenvalue weighted by Crippen LogP contribution is 2.30. The molecule has 1 fully saturated rings. The summed E-state index contributed by atoms with van der Waals surface area (Å²) in [4.78, 5) is 30.7. The fourth-order valence-electron chi connectivity index (χ4n) is 3.56. The summed E-state index contributed by atoms with van der Waals surface area (Å²) in [5, 5.41) is 13.9. The molecule has 0 bridgehead atoms. The summed E-state index contributed by atoms with van der Waals surface area (Å²) in [5.74, 6) is -1.31. The summed E-state index contributed by atoms with van der Waals surface area (Å²) < 4.78 is 5.31. The fourth-order valence-corrected chi connectivity index (χ4v) is 3.56. The number of aliphatic carboxylic acids is 1. The first-order chi connectivity index (χ1) is 13.0. The van der Waals surface area contributed by atoms with E-state index in [9.17, 15) is 14.7 Å². The molecule has 3 aromatic rings. The standard InChI is InChI=1S/C20H19N3O4/c1-11-5-7-13(8-6-11)15-10-14(17-12(2)22-27-18(17)21-15)19(24)23-9-3-4-16(23)20(25)26/h5-8,10,16H,3-4,9H2,1-2H3,(H,25,26)/t16-/m1/s1. The highest BCUT2D eigenvalue weighted by atomic mass is 16.5. The van der Waals surface area contributed by atoms with Gasteiger partial charge in [0, 0.05) is 12.1 Å². The Morgan fingerprint density at radius 2 is 1.96 bits per heavy atom. The first kappa shape index (κ1) is 17.2. The van der Waals surface area contributed by atoms with Gasteiger partial charge in [-0.2, -0.15) is 0 Å². The largest absolute Gasteiger partial charge is 0.480 e.